The molecule has 118 valence electrons. The molecule has 0 amide bonds. The summed E-state index contributed by atoms with van der Waals surface area (Å²) in [5, 5.41) is 8.94. The molecule has 0 bridgehead atoms. The average Bonchev–Trinajstić information content (AvgIpc) is 2.99. The SMILES string of the molecule is O=C(O)c1ccc(C(=O)C2=CC3Cc4ccccc4C3C=C2)cc1. The van der Waals surface area contributed by atoms with E-state index in [0.29, 0.717) is 23.0 Å². The van der Waals surface area contributed by atoms with Gasteiger partial charge in [-0.25, -0.2) is 4.79 Å². The van der Waals surface area contributed by atoms with E-state index >= 15 is 0 Å². The normalized spacial score (nSPS) is 20.9. The summed E-state index contributed by atoms with van der Waals surface area (Å²) in [6.07, 6.45) is 7.05. The van der Waals surface area contributed by atoms with Gasteiger partial charge < -0.3 is 5.11 Å². The van der Waals surface area contributed by atoms with E-state index in [4.69, 9.17) is 5.11 Å². The van der Waals surface area contributed by atoms with Gasteiger partial charge >= 0.3 is 5.97 Å². The number of aromatic carboxylic acids is 1. The lowest BCUT2D eigenvalue weighted by atomic mass is 9.84. The number of ketones is 1. The fourth-order valence-corrected chi connectivity index (χ4v) is 3.64. The van der Waals surface area contributed by atoms with E-state index in [-0.39, 0.29) is 11.3 Å². The summed E-state index contributed by atoms with van der Waals surface area (Å²) >= 11 is 0. The highest BCUT2D eigenvalue weighted by Gasteiger charge is 2.32. The molecular weight excluding hydrogens is 300 g/mol. The van der Waals surface area contributed by atoms with Crippen LogP contribution in [0.2, 0.25) is 0 Å². The van der Waals surface area contributed by atoms with Crippen LogP contribution in [0, 0.1) is 5.92 Å². The van der Waals surface area contributed by atoms with E-state index in [1.165, 1.54) is 23.3 Å². The van der Waals surface area contributed by atoms with Gasteiger partial charge in [-0.05, 0) is 35.6 Å². The van der Waals surface area contributed by atoms with Gasteiger partial charge in [-0.2, -0.15) is 0 Å². The summed E-state index contributed by atoms with van der Waals surface area (Å²) in [7, 11) is 0. The third kappa shape index (κ3) is 2.38. The molecule has 3 nitrogen and oxygen atoms in total. The van der Waals surface area contributed by atoms with Crippen molar-refractivity contribution in [2.75, 3.05) is 0 Å². The summed E-state index contributed by atoms with van der Waals surface area (Å²) < 4.78 is 0. The Kier molecular flexibility index (Phi) is 3.42. The molecule has 0 fully saturated rings. The predicted octanol–water partition coefficient (Wildman–Crippen LogP) is 4.02. The molecular formula is C21H16O3. The van der Waals surface area contributed by atoms with Crippen molar-refractivity contribution in [2.45, 2.75) is 12.3 Å². The molecule has 0 radical (unpaired) electrons. The van der Waals surface area contributed by atoms with Gasteiger partial charge in [0.15, 0.2) is 5.78 Å². The van der Waals surface area contributed by atoms with Gasteiger partial charge in [0.2, 0.25) is 0 Å². The number of carbonyl (C=O) groups excluding carboxylic acids is 1. The summed E-state index contributed by atoms with van der Waals surface area (Å²) in [6.45, 7) is 0. The molecule has 0 heterocycles. The number of carboxylic acids is 1. The average molecular weight is 316 g/mol. The van der Waals surface area contributed by atoms with Crippen LogP contribution in [0.3, 0.4) is 0 Å². The molecule has 2 aromatic carbocycles. The van der Waals surface area contributed by atoms with Gasteiger partial charge in [-0.1, -0.05) is 54.6 Å². The minimum atomic E-state index is -0.989. The molecule has 2 aliphatic rings. The number of carbonyl (C=O) groups is 2. The molecule has 0 spiro atoms. The lowest BCUT2D eigenvalue weighted by molar-refractivity contribution is 0.0696. The second kappa shape index (κ2) is 5.60. The second-order valence-corrected chi connectivity index (χ2v) is 6.29. The van der Waals surface area contributed by atoms with Crippen molar-refractivity contribution in [3.05, 3.63) is 94.6 Å². The van der Waals surface area contributed by atoms with Crippen molar-refractivity contribution in [2.24, 2.45) is 5.92 Å². The maximum atomic E-state index is 12.7. The maximum Gasteiger partial charge on any atom is 0.335 e. The van der Waals surface area contributed by atoms with E-state index in [0.717, 1.165) is 6.42 Å². The summed E-state index contributed by atoms with van der Waals surface area (Å²) in [5.41, 5.74) is 4.10. The fourth-order valence-electron chi connectivity index (χ4n) is 3.64. The van der Waals surface area contributed by atoms with Gasteiger partial charge in [0.25, 0.3) is 0 Å². The number of hydrogen-bond donors (Lipinski definition) is 1. The van der Waals surface area contributed by atoms with Crippen LogP contribution in [0.5, 0.6) is 0 Å². The Bertz CT molecular complexity index is 888. The smallest absolute Gasteiger partial charge is 0.335 e. The van der Waals surface area contributed by atoms with Gasteiger partial charge in [0.05, 0.1) is 5.56 Å². The minimum absolute atomic E-state index is 0.0578. The van der Waals surface area contributed by atoms with E-state index in [2.05, 4.69) is 36.4 Å². The molecule has 2 atom stereocenters. The first-order chi connectivity index (χ1) is 11.6. The monoisotopic (exact) mass is 316 g/mol. The van der Waals surface area contributed by atoms with E-state index in [9.17, 15) is 9.59 Å². The van der Waals surface area contributed by atoms with E-state index < -0.39 is 5.97 Å². The van der Waals surface area contributed by atoms with Crippen LogP contribution in [-0.2, 0) is 6.42 Å². The van der Waals surface area contributed by atoms with Gasteiger partial charge in [0.1, 0.15) is 0 Å². The standard InChI is InChI=1S/C21H16O3/c22-20(13-5-7-14(8-6-13)21(23)24)16-9-10-19-17(12-16)11-15-3-1-2-4-18(15)19/h1-10,12,17,19H,11H2,(H,23,24). The van der Waals surface area contributed by atoms with Crippen LogP contribution in [0.1, 0.15) is 37.8 Å². The molecule has 2 aromatic rings. The number of rotatable bonds is 3. The van der Waals surface area contributed by atoms with Crippen LogP contribution in [-0.4, -0.2) is 16.9 Å². The highest BCUT2D eigenvalue weighted by Crippen LogP contribution is 2.42. The van der Waals surface area contributed by atoms with Crippen molar-refractivity contribution in [3.8, 4) is 0 Å². The van der Waals surface area contributed by atoms with E-state index in [1.807, 2.05) is 6.08 Å². The first-order valence-corrected chi connectivity index (χ1v) is 7.99. The Balaban J connectivity index is 1.59. The zero-order valence-electron chi connectivity index (χ0n) is 13.0. The molecule has 1 N–H and O–H groups in total. The number of allylic oxidation sites excluding steroid dienone is 4. The van der Waals surface area contributed by atoms with Crippen LogP contribution < -0.4 is 0 Å². The van der Waals surface area contributed by atoms with Crippen LogP contribution in [0.4, 0.5) is 0 Å². The number of fused-ring (bicyclic) bond motifs is 3. The summed E-state index contributed by atoms with van der Waals surface area (Å²) in [6, 6.07) is 14.5. The van der Waals surface area contributed by atoms with Crippen molar-refractivity contribution in [1.82, 2.24) is 0 Å². The number of benzene rings is 2. The predicted molar refractivity (Wildman–Crippen MR) is 91.3 cm³/mol. The zero-order valence-corrected chi connectivity index (χ0v) is 13.0. The van der Waals surface area contributed by atoms with Gasteiger partial charge in [-0.15, -0.1) is 0 Å². The van der Waals surface area contributed by atoms with Crippen molar-refractivity contribution in [1.29, 1.82) is 0 Å². The van der Waals surface area contributed by atoms with E-state index in [1.54, 1.807) is 12.1 Å². The first-order valence-electron chi connectivity index (χ1n) is 7.99. The van der Waals surface area contributed by atoms with Crippen molar-refractivity contribution < 1.29 is 14.7 Å². The molecule has 4 rings (SSSR count). The van der Waals surface area contributed by atoms with Gasteiger partial charge in [-0.3, -0.25) is 4.79 Å². The van der Waals surface area contributed by atoms with Crippen LogP contribution >= 0.6 is 0 Å². The Morgan fingerprint density at radius 3 is 2.42 bits per heavy atom. The largest absolute Gasteiger partial charge is 0.478 e. The number of Topliss-reactive ketones (excluding diaryl/α,β-unsaturated/α-hetero) is 1. The molecule has 3 heteroatoms. The van der Waals surface area contributed by atoms with Crippen molar-refractivity contribution in [3.63, 3.8) is 0 Å². The molecule has 0 aliphatic heterocycles. The Morgan fingerprint density at radius 2 is 1.67 bits per heavy atom. The quantitative estimate of drug-likeness (QED) is 0.870. The lowest BCUT2D eigenvalue weighted by Gasteiger charge is -2.19. The van der Waals surface area contributed by atoms with Crippen LogP contribution in [0.15, 0.2) is 72.3 Å². The maximum absolute atomic E-state index is 12.7. The molecule has 24 heavy (non-hydrogen) atoms. The third-order valence-corrected chi connectivity index (χ3v) is 4.86. The molecule has 0 saturated carbocycles. The van der Waals surface area contributed by atoms with Gasteiger partial charge in [0, 0.05) is 17.1 Å². The molecule has 2 aliphatic carbocycles. The fraction of sp³-hybridized carbons (Fsp3) is 0.143. The Morgan fingerprint density at radius 1 is 0.958 bits per heavy atom. The topological polar surface area (TPSA) is 54.4 Å². The summed E-state index contributed by atoms with van der Waals surface area (Å²) in [4.78, 5) is 23.6. The minimum Gasteiger partial charge on any atom is -0.478 e. The van der Waals surface area contributed by atoms with Crippen LogP contribution in [0.25, 0.3) is 0 Å². The molecule has 2 unspecified atom stereocenters. The van der Waals surface area contributed by atoms with Crippen molar-refractivity contribution >= 4 is 11.8 Å². The first kappa shape index (κ1) is 14.6. The summed E-state index contributed by atoms with van der Waals surface area (Å²) in [5.74, 6) is -0.369. The third-order valence-electron chi connectivity index (χ3n) is 4.86. The molecule has 0 saturated heterocycles. The zero-order chi connectivity index (χ0) is 16.7. The second-order valence-electron chi connectivity index (χ2n) is 6.29. The number of carboxylic acid groups (broad SMARTS) is 1. The number of hydrogen-bond acceptors (Lipinski definition) is 2. The molecule has 0 aromatic heterocycles. The highest BCUT2D eigenvalue weighted by molar-refractivity contribution is 6.11. The Labute approximate surface area is 139 Å². The lowest BCUT2D eigenvalue weighted by Crippen LogP contribution is -2.12. The highest BCUT2D eigenvalue weighted by atomic mass is 16.4. The Hall–Kier alpha value is -2.94.